The van der Waals surface area contributed by atoms with Gasteiger partial charge in [-0.1, -0.05) is 28.9 Å². The van der Waals surface area contributed by atoms with E-state index in [-0.39, 0.29) is 0 Å². The summed E-state index contributed by atoms with van der Waals surface area (Å²) in [6.07, 6.45) is 0. The second kappa shape index (κ2) is 7.48. The minimum atomic E-state index is 0.602. The maximum Gasteiger partial charge on any atom is 0.129 e. The molecule has 1 saturated heterocycles. The van der Waals surface area contributed by atoms with Crippen molar-refractivity contribution in [2.24, 2.45) is 5.16 Å². The Morgan fingerprint density at radius 2 is 2.00 bits per heavy atom. The van der Waals surface area contributed by atoms with Crippen LogP contribution < -0.4 is 0 Å². The summed E-state index contributed by atoms with van der Waals surface area (Å²) in [5.74, 6) is 0. The highest BCUT2D eigenvalue weighted by Crippen LogP contribution is 2.10. The third kappa shape index (κ3) is 4.82. The van der Waals surface area contributed by atoms with E-state index in [0.717, 1.165) is 49.1 Å². The number of nitrogens with zero attached hydrogens (tertiary/aromatic N) is 2. The van der Waals surface area contributed by atoms with Gasteiger partial charge in [0.15, 0.2) is 0 Å². The number of rotatable bonds is 5. The van der Waals surface area contributed by atoms with E-state index in [4.69, 9.17) is 21.2 Å². The Bertz CT molecular complexity index is 414. The molecule has 19 heavy (non-hydrogen) atoms. The lowest BCUT2D eigenvalue weighted by Gasteiger charge is -2.25. The van der Waals surface area contributed by atoms with Crippen molar-refractivity contribution < 1.29 is 9.57 Å². The lowest BCUT2D eigenvalue weighted by atomic mass is 10.1. The number of morpholine rings is 1. The Labute approximate surface area is 118 Å². The van der Waals surface area contributed by atoms with Crippen LogP contribution in [0.5, 0.6) is 0 Å². The highest BCUT2D eigenvalue weighted by molar-refractivity contribution is 6.30. The van der Waals surface area contributed by atoms with Gasteiger partial charge in [0.2, 0.25) is 0 Å². The number of hydrogen-bond acceptors (Lipinski definition) is 4. The number of hydrogen-bond donors (Lipinski definition) is 0. The van der Waals surface area contributed by atoms with E-state index in [9.17, 15) is 0 Å². The van der Waals surface area contributed by atoms with Crippen LogP contribution in [0.3, 0.4) is 0 Å². The molecule has 0 unspecified atom stereocenters. The molecule has 1 heterocycles. The van der Waals surface area contributed by atoms with Gasteiger partial charge in [-0.15, -0.1) is 0 Å². The fraction of sp³-hybridized carbons (Fsp3) is 0.500. The monoisotopic (exact) mass is 282 g/mol. The molecule has 0 bridgehead atoms. The maximum absolute atomic E-state index is 5.84. The highest BCUT2D eigenvalue weighted by Gasteiger charge is 2.09. The molecule has 0 aliphatic carbocycles. The standard InChI is InChI=1S/C14H19ClN2O2/c1-12(13-2-4-14(15)5-3-13)16-19-11-8-17-6-9-18-10-7-17/h2-5H,6-11H2,1H3. The fourth-order valence-electron chi connectivity index (χ4n) is 1.88. The lowest BCUT2D eigenvalue weighted by Crippen LogP contribution is -2.38. The van der Waals surface area contributed by atoms with E-state index >= 15 is 0 Å². The number of oxime groups is 1. The van der Waals surface area contributed by atoms with Gasteiger partial charge in [-0.05, 0) is 24.6 Å². The summed E-state index contributed by atoms with van der Waals surface area (Å²) in [6, 6.07) is 7.58. The van der Waals surface area contributed by atoms with Crippen LogP contribution in [-0.2, 0) is 9.57 Å². The molecule has 4 nitrogen and oxygen atoms in total. The molecule has 1 aromatic carbocycles. The van der Waals surface area contributed by atoms with Crippen molar-refractivity contribution in [3.05, 3.63) is 34.9 Å². The van der Waals surface area contributed by atoms with Crippen LogP contribution >= 0.6 is 11.6 Å². The molecule has 0 amide bonds. The minimum Gasteiger partial charge on any atom is -0.394 e. The average Bonchev–Trinajstić information content (AvgIpc) is 2.45. The van der Waals surface area contributed by atoms with Crippen LogP contribution in [0.2, 0.25) is 5.02 Å². The first-order valence-corrected chi connectivity index (χ1v) is 6.86. The van der Waals surface area contributed by atoms with Crippen molar-refractivity contribution in [2.45, 2.75) is 6.92 Å². The van der Waals surface area contributed by atoms with Gasteiger partial charge in [0.25, 0.3) is 0 Å². The predicted octanol–water partition coefficient (Wildman–Crippen LogP) is 2.41. The van der Waals surface area contributed by atoms with Crippen LogP contribution in [0.1, 0.15) is 12.5 Å². The Morgan fingerprint density at radius 3 is 2.68 bits per heavy atom. The molecule has 0 spiro atoms. The largest absolute Gasteiger partial charge is 0.394 e. The molecule has 5 heteroatoms. The fourth-order valence-corrected chi connectivity index (χ4v) is 2.01. The van der Waals surface area contributed by atoms with Crippen molar-refractivity contribution >= 4 is 17.3 Å². The van der Waals surface area contributed by atoms with Gasteiger partial charge < -0.3 is 9.57 Å². The molecule has 1 fully saturated rings. The number of halogens is 1. The molecule has 0 N–H and O–H groups in total. The summed E-state index contributed by atoms with van der Waals surface area (Å²) in [6.45, 7) is 7.00. The van der Waals surface area contributed by atoms with E-state index in [2.05, 4.69) is 10.1 Å². The molecule has 1 aromatic rings. The van der Waals surface area contributed by atoms with Crippen LogP contribution in [0.25, 0.3) is 0 Å². The van der Waals surface area contributed by atoms with Gasteiger partial charge in [0.05, 0.1) is 18.9 Å². The van der Waals surface area contributed by atoms with E-state index in [1.54, 1.807) is 0 Å². The lowest BCUT2D eigenvalue weighted by molar-refractivity contribution is 0.0212. The Morgan fingerprint density at radius 1 is 1.32 bits per heavy atom. The molecular formula is C14H19ClN2O2. The quantitative estimate of drug-likeness (QED) is 0.472. The van der Waals surface area contributed by atoms with Crippen LogP contribution in [0.4, 0.5) is 0 Å². The predicted molar refractivity (Wildman–Crippen MR) is 76.9 cm³/mol. The molecule has 2 rings (SSSR count). The molecule has 104 valence electrons. The highest BCUT2D eigenvalue weighted by atomic mass is 35.5. The van der Waals surface area contributed by atoms with E-state index in [1.165, 1.54) is 0 Å². The Kier molecular flexibility index (Phi) is 5.63. The SMILES string of the molecule is CC(=NOCCN1CCOCC1)c1ccc(Cl)cc1. The van der Waals surface area contributed by atoms with Crippen molar-refractivity contribution in [2.75, 3.05) is 39.5 Å². The maximum atomic E-state index is 5.84. The van der Waals surface area contributed by atoms with Gasteiger partial charge in [0, 0.05) is 24.7 Å². The Balaban J connectivity index is 1.73. The zero-order chi connectivity index (χ0) is 13.5. The van der Waals surface area contributed by atoms with Crippen molar-refractivity contribution in [3.8, 4) is 0 Å². The number of benzene rings is 1. The zero-order valence-corrected chi connectivity index (χ0v) is 11.9. The van der Waals surface area contributed by atoms with E-state index < -0.39 is 0 Å². The molecule has 0 aromatic heterocycles. The van der Waals surface area contributed by atoms with Crippen molar-refractivity contribution in [3.63, 3.8) is 0 Å². The van der Waals surface area contributed by atoms with Gasteiger partial charge in [-0.3, -0.25) is 4.90 Å². The summed E-state index contributed by atoms with van der Waals surface area (Å²) in [5.41, 5.74) is 1.88. The summed E-state index contributed by atoms with van der Waals surface area (Å²) in [4.78, 5) is 7.67. The minimum absolute atomic E-state index is 0.602. The third-order valence-corrected chi connectivity index (χ3v) is 3.32. The summed E-state index contributed by atoms with van der Waals surface area (Å²) >= 11 is 5.84. The molecular weight excluding hydrogens is 264 g/mol. The zero-order valence-electron chi connectivity index (χ0n) is 11.1. The second-order valence-electron chi connectivity index (χ2n) is 4.47. The summed E-state index contributed by atoms with van der Waals surface area (Å²) in [7, 11) is 0. The topological polar surface area (TPSA) is 34.1 Å². The van der Waals surface area contributed by atoms with Crippen LogP contribution in [-0.4, -0.2) is 50.1 Å². The molecule has 1 aliphatic heterocycles. The van der Waals surface area contributed by atoms with Crippen LogP contribution in [0, 0.1) is 0 Å². The van der Waals surface area contributed by atoms with E-state index in [0.29, 0.717) is 6.61 Å². The number of ether oxygens (including phenoxy) is 1. The first-order chi connectivity index (χ1) is 9.25. The molecule has 0 radical (unpaired) electrons. The van der Waals surface area contributed by atoms with Gasteiger partial charge in [-0.2, -0.15) is 0 Å². The van der Waals surface area contributed by atoms with Gasteiger partial charge >= 0.3 is 0 Å². The first kappa shape index (κ1) is 14.3. The van der Waals surface area contributed by atoms with Gasteiger partial charge in [-0.25, -0.2) is 0 Å². The molecule has 0 atom stereocenters. The third-order valence-electron chi connectivity index (χ3n) is 3.07. The molecule has 0 saturated carbocycles. The summed E-state index contributed by atoms with van der Waals surface area (Å²) in [5, 5.41) is 4.85. The Hall–Kier alpha value is -1.10. The summed E-state index contributed by atoms with van der Waals surface area (Å²) < 4.78 is 5.29. The average molecular weight is 283 g/mol. The molecule has 1 aliphatic rings. The van der Waals surface area contributed by atoms with E-state index in [1.807, 2.05) is 31.2 Å². The smallest absolute Gasteiger partial charge is 0.129 e. The normalized spacial score (nSPS) is 17.5. The van der Waals surface area contributed by atoms with Crippen molar-refractivity contribution in [1.82, 2.24) is 4.90 Å². The van der Waals surface area contributed by atoms with Gasteiger partial charge in [0.1, 0.15) is 6.61 Å². The first-order valence-electron chi connectivity index (χ1n) is 6.48. The van der Waals surface area contributed by atoms with Crippen LogP contribution in [0.15, 0.2) is 29.4 Å². The second-order valence-corrected chi connectivity index (χ2v) is 4.91. The van der Waals surface area contributed by atoms with Crippen molar-refractivity contribution in [1.29, 1.82) is 0 Å².